The summed E-state index contributed by atoms with van der Waals surface area (Å²) in [6.45, 7) is 0. The van der Waals surface area contributed by atoms with E-state index in [9.17, 15) is 0 Å². The fraction of sp³-hybridized carbons (Fsp3) is 0.143. The number of hydrogen-bond donors (Lipinski definition) is 0. The van der Waals surface area contributed by atoms with Gasteiger partial charge in [-0.25, -0.2) is 0 Å². The first-order valence-electron chi connectivity index (χ1n) is 10.5. The molecule has 0 fully saturated rings. The van der Waals surface area contributed by atoms with Gasteiger partial charge in [-0.1, -0.05) is 0 Å². The molecule has 0 atom stereocenters. The van der Waals surface area contributed by atoms with Gasteiger partial charge in [0.05, 0.1) is 0 Å². The van der Waals surface area contributed by atoms with Crippen molar-refractivity contribution in [3.8, 4) is 0 Å². The molecule has 0 bridgehead atoms. The Morgan fingerprint density at radius 3 is 0.724 bits per heavy atom. The Hall–Kier alpha value is -1.80. The van der Waals surface area contributed by atoms with Gasteiger partial charge < -0.3 is 0 Å². The van der Waals surface area contributed by atoms with Crippen LogP contribution in [0.1, 0.15) is 22.3 Å². The summed E-state index contributed by atoms with van der Waals surface area (Å²) < 4.78 is 5.17. The molecule has 4 aromatic carbocycles. The van der Waals surface area contributed by atoms with Gasteiger partial charge in [0, 0.05) is 0 Å². The zero-order valence-corrected chi connectivity index (χ0v) is 21.0. The first-order chi connectivity index (χ1) is 14.3. The molecule has 4 aromatic rings. The molecule has 0 spiro atoms. The van der Waals surface area contributed by atoms with Crippen LogP contribution in [0.4, 0.5) is 0 Å². The van der Waals surface area contributed by atoms with Crippen molar-refractivity contribution in [2.45, 2.75) is 8.80 Å². The molecule has 0 aromatic heterocycles. The Labute approximate surface area is 182 Å². The van der Waals surface area contributed by atoms with Crippen LogP contribution < -0.4 is 0 Å². The van der Waals surface area contributed by atoms with Crippen molar-refractivity contribution in [1.29, 1.82) is 0 Å². The molecule has 4 rings (SSSR count). The zero-order valence-electron chi connectivity index (χ0n) is 16.9. The van der Waals surface area contributed by atoms with Crippen molar-refractivity contribution in [3.63, 3.8) is 0 Å². The standard InChI is InChI=1S/4C7H7.Th/c4*1-7-5-3-2-4-6-7;/h4*2-6H,1H2;. The molecular formula is C28H28Th. The van der Waals surface area contributed by atoms with Crippen LogP contribution in [-0.2, 0) is 8.80 Å². The van der Waals surface area contributed by atoms with Crippen molar-refractivity contribution < 1.29 is 31.8 Å². The molecule has 0 unspecified atom stereocenters. The molecule has 0 radical (unpaired) electrons. The van der Waals surface area contributed by atoms with E-state index >= 15 is 0 Å². The van der Waals surface area contributed by atoms with E-state index in [-0.39, 0.29) is 0 Å². The van der Waals surface area contributed by atoms with Gasteiger partial charge in [0.1, 0.15) is 0 Å². The van der Waals surface area contributed by atoms with Gasteiger partial charge >= 0.3 is 184 Å². The molecule has 0 nitrogen and oxygen atoms in total. The van der Waals surface area contributed by atoms with Crippen LogP contribution in [0.3, 0.4) is 0 Å². The number of benzene rings is 4. The third kappa shape index (κ3) is 6.09. The van der Waals surface area contributed by atoms with Crippen LogP contribution in [0.5, 0.6) is 0 Å². The van der Waals surface area contributed by atoms with Gasteiger partial charge in [-0.05, 0) is 0 Å². The average molecular weight is 597 g/mol. The number of rotatable bonds is 8. The van der Waals surface area contributed by atoms with Gasteiger partial charge in [-0.15, -0.1) is 0 Å². The van der Waals surface area contributed by atoms with Crippen molar-refractivity contribution in [1.82, 2.24) is 0 Å². The SMILES string of the molecule is c1ccc([CH2][Th]([CH2]c2ccccc2)([CH2]c2ccccc2)[CH2]c2ccccc2)cc1. The average Bonchev–Trinajstić information content (AvgIpc) is 2.76. The predicted molar refractivity (Wildman–Crippen MR) is 121 cm³/mol. The predicted octanol–water partition coefficient (Wildman–Crippen LogP) is 6.94. The topological polar surface area (TPSA) is 0 Å². The molecule has 0 saturated carbocycles. The maximum atomic E-state index is 2.33. The minimum absolute atomic E-state index is 1.29. The van der Waals surface area contributed by atoms with Crippen LogP contribution in [-0.4, -0.2) is 0 Å². The molecule has 0 saturated heterocycles. The summed E-state index contributed by atoms with van der Waals surface area (Å²) in [5.41, 5.74) is 6.06. The maximum absolute atomic E-state index is 2.98. The summed E-state index contributed by atoms with van der Waals surface area (Å²) in [5, 5.41) is 0. The van der Waals surface area contributed by atoms with Gasteiger partial charge in [-0.3, -0.25) is 0 Å². The third-order valence-electron chi connectivity index (χ3n) is 5.69. The molecule has 144 valence electrons. The molecule has 0 aliphatic rings. The summed E-state index contributed by atoms with van der Waals surface area (Å²) in [4.78, 5) is 0. The van der Waals surface area contributed by atoms with Crippen LogP contribution in [0.25, 0.3) is 0 Å². The van der Waals surface area contributed by atoms with Crippen molar-refractivity contribution >= 4 is 0 Å². The molecule has 0 amide bonds. The van der Waals surface area contributed by atoms with Crippen LogP contribution in [0.15, 0.2) is 121 Å². The van der Waals surface area contributed by atoms with E-state index in [1.54, 1.807) is 0 Å². The summed E-state index contributed by atoms with van der Waals surface area (Å²) in [7, 11) is 0. The molecule has 0 N–H and O–H groups in total. The Bertz CT molecular complexity index is 808. The second-order valence-corrected chi connectivity index (χ2v) is 26.3. The third-order valence-corrected chi connectivity index (χ3v) is 24.7. The monoisotopic (exact) mass is 596 g/mol. The Morgan fingerprint density at radius 1 is 0.310 bits per heavy atom. The van der Waals surface area contributed by atoms with Gasteiger partial charge in [-0.2, -0.15) is 0 Å². The van der Waals surface area contributed by atoms with Gasteiger partial charge in [0.15, 0.2) is 0 Å². The van der Waals surface area contributed by atoms with E-state index in [0.717, 1.165) is 0 Å². The molecule has 0 aliphatic heterocycles. The Kier molecular flexibility index (Phi) is 7.27. The second kappa shape index (κ2) is 10.3. The van der Waals surface area contributed by atoms with E-state index in [1.165, 1.54) is 31.1 Å². The Balaban J connectivity index is 1.75. The van der Waals surface area contributed by atoms with E-state index in [2.05, 4.69) is 121 Å². The fourth-order valence-corrected chi connectivity index (χ4v) is 25.7. The van der Waals surface area contributed by atoms with Crippen molar-refractivity contribution in [2.24, 2.45) is 0 Å². The molecule has 0 aliphatic carbocycles. The quantitative estimate of drug-likeness (QED) is 0.207. The summed E-state index contributed by atoms with van der Waals surface area (Å²) in [6, 6.07) is 44.8. The van der Waals surface area contributed by atoms with Crippen molar-refractivity contribution in [2.75, 3.05) is 0 Å². The molecule has 1 heteroatoms. The Morgan fingerprint density at radius 2 is 0.517 bits per heavy atom. The first-order valence-corrected chi connectivity index (χ1v) is 22.1. The normalized spacial score (nSPS) is 11.3. The molecule has 29 heavy (non-hydrogen) atoms. The van der Waals surface area contributed by atoms with Crippen LogP contribution >= 0.6 is 0 Å². The molecular weight excluding hydrogens is 568 g/mol. The van der Waals surface area contributed by atoms with E-state index in [1.807, 2.05) is 0 Å². The summed E-state index contributed by atoms with van der Waals surface area (Å²) in [5.74, 6) is 0. The molecule has 0 heterocycles. The van der Waals surface area contributed by atoms with E-state index in [4.69, 9.17) is 0 Å². The van der Waals surface area contributed by atoms with Gasteiger partial charge in [0.2, 0.25) is 0 Å². The fourth-order valence-electron chi connectivity index (χ4n) is 4.49. The van der Waals surface area contributed by atoms with E-state index in [0.29, 0.717) is 0 Å². The van der Waals surface area contributed by atoms with Crippen LogP contribution in [0.2, 0.25) is 0 Å². The van der Waals surface area contributed by atoms with E-state index < -0.39 is 31.8 Å². The minimum atomic E-state index is -2.98. The van der Waals surface area contributed by atoms with Gasteiger partial charge in [0.25, 0.3) is 0 Å². The summed E-state index contributed by atoms with van der Waals surface area (Å²) in [6.07, 6.45) is 0. The zero-order chi connectivity index (χ0) is 19.8. The summed E-state index contributed by atoms with van der Waals surface area (Å²) >= 11 is -2.98. The first kappa shape index (κ1) is 20.5. The van der Waals surface area contributed by atoms with Crippen LogP contribution in [0, 0.1) is 31.8 Å². The number of hydrogen-bond acceptors (Lipinski definition) is 0. The van der Waals surface area contributed by atoms with Crippen molar-refractivity contribution in [3.05, 3.63) is 144 Å². The second-order valence-electron chi connectivity index (χ2n) is 8.15.